The fraction of sp³-hybridized carbons (Fsp3) is 0.600. The molecule has 1 heterocycles. The predicted octanol–water partition coefficient (Wildman–Crippen LogP) is 3.60. The van der Waals surface area contributed by atoms with Crippen LogP contribution in [0, 0.1) is 0 Å². The monoisotopic (exact) mass is 262 g/mol. The van der Waals surface area contributed by atoms with E-state index in [1.54, 1.807) is 11.3 Å². The molecule has 3 heteroatoms. The summed E-state index contributed by atoms with van der Waals surface area (Å²) in [4.78, 5) is 1.24. The first-order valence-electron chi connectivity index (χ1n) is 4.49. The van der Waals surface area contributed by atoms with Gasteiger partial charge in [0.1, 0.15) is 0 Å². The molecule has 0 aliphatic carbocycles. The zero-order chi connectivity index (χ0) is 9.90. The molecule has 0 aliphatic heterocycles. The number of hydrogen-bond donors (Lipinski definition) is 1. The molecule has 1 nitrogen and oxygen atoms in total. The van der Waals surface area contributed by atoms with Crippen LogP contribution in [-0.4, -0.2) is 10.7 Å². The minimum Gasteiger partial charge on any atom is -0.390 e. The molecule has 0 aliphatic rings. The predicted molar refractivity (Wildman–Crippen MR) is 61.3 cm³/mol. The maximum atomic E-state index is 9.97. The van der Waals surface area contributed by atoms with E-state index in [1.165, 1.54) is 4.88 Å². The molecule has 0 aromatic carbocycles. The Hall–Kier alpha value is 0.140. The van der Waals surface area contributed by atoms with Gasteiger partial charge in [-0.2, -0.15) is 0 Å². The van der Waals surface area contributed by atoms with E-state index in [9.17, 15) is 5.11 Å². The van der Waals surface area contributed by atoms with Gasteiger partial charge in [-0.05, 0) is 35.3 Å². The molecule has 0 spiro atoms. The lowest BCUT2D eigenvalue weighted by Crippen LogP contribution is -2.26. The van der Waals surface area contributed by atoms with Gasteiger partial charge in [-0.3, -0.25) is 0 Å². The second-order valence-corrected chi connectivity index (χ2v) is 5.57. The van der Waals surface area contributed by atoms with Crippen molar-refractivity contribution in [2.45, 2.75) is 38.7 Å². The summed E-state index contributed by atoms with van der Waals surface area (Å²) in [7, 11) is 0. The molecule has 1 N–H and O–H groups in total. The number of hydrogen-bond acceptors (Lipinski definition) is 2. The Labute approximate surface area is 91.9 Å². The highest BCUT2D eigenvalue weighted by molar-refractivity contribution is 9.10. The molecule has 0 bridgehead atoms. The number of halogens is 1. The van der Waals surface area contributed by atoms with Crippen LogP contribution < -0.4 is 0 Å². The molecular formula is C10H15BrOS. The van der Waals surface area contributed by atoms with Gasteiger partial charge in [0, 0.05) is 21.2 Å². The van der Waals surface area contributed by atoms with E-state index < -0.39 is 5.60 Å². The average Bonchev–Trinajstić information content (AvgIpc) is 2.34. The van der Waals surface area contributed by atoms with Gasteiger partial charge in [-0.25, -0.2) is 0 Å². The van der Waals surface area contributed by atoms with E-state index in [0.717, 1.165) is 23.7 Å². The summed E-state index contributed by atoms with van der Waals surface area (Å²) < 4.78 is 1.11. The molecule has 0 radical (unpaired) electrons. The summed E-state index contributed by atoms with van der Waals surface area (Å²) >= 11 is 5.10. The second kappa shape index (κ2) is 4.58. The molecule has 74 valence electrons. The van der Waals surface area contributed by atoms with Crippen molar-refractivity contribution in [2.75, 3.05) is 0 Å². The summed E-state index contributed by atoms with van der Waals surface area (Å²) in [5.74, 6) is 0. The minimum absolute atomic E-state index is 0.543. The summed E-state index contributed by atoms with van der Waals surface area (Å²) in [6, 6.07) is 2.08. The van der Waals surface area contributed by atoms with Crippen molar-refractivity contribution >= 4 is 27.3 Å². The van der Waals surface area contributed by atoms with Crippen molar-refractivity contribution in [3.63, 3.8) is 0 Å². The first-order valence-corrected chi connectivity index (χ1v) is 6.16. The average molecular weight is 263 g/mol. The molecule has 0 fully saturated rings. The van der Waals surface area contributed by atoms with Gasteiger partial charge in [0.2, 0.25) is 0 Å². The fourth-order valence-corrected chi connectivity index (χ4v) is 3.08. The Balaban J connectivity index is 2.57. The molecule has 1 aromatic rings. The van der Waals surface area contributed by atoms with Gasteiger partial charge in [-0.15, -0.1) is 11.3 Å². The third-order valence-corrected chi connectivity index (χ3v) is 3.66. The normalized spacial score (nSPS) is 15.7. The van der Waals surface area contributed by atoms with E-state index in [-0.39, 0.29) is 0 Å². The van der Waals surface area contributed by atoms with Crippen LogP contribution in [0.25, 0.3) is 0 Å². The van der Waals surface area contributed by atoms with E-state index in [1.807, 2.05) is 6.92 Å². The van der Waals surface area contributed by atoms with E-state index in [4.69, 9.17) is 0 Å². The summed E-state index contributed by atoms with van der Waals surface area (Å²) in [5, 5.41) is 12.0. The minimum atomic E-state index is -0.543. The third kappa shape index (κ3) is 3.79. The first kappa shape index (κ1) is 11.2. The highest BCUT2D eigenvalue weighted by Gasteiger charge is 2.20. The van der Waals surface area contributed by atoms with Crippen molar-refractivity contribution < 1.29 is 5.11 Å². The smallest absolute Gasteiger partial charge is 0.0667 e. The molecule has 1 aromatic heterocycles. The number of thiophene rings is 1. The van der Waals surface area contributed by atoms with Crippen molar-refractivity contribution in [1.29, 1.82) is 0 Å². The van der Waals surface area contributed by atoms with Gasteiger partial charge in [0.05, 0.1) is 5.60 Å². The lowest BCUT2D eigenvalue weighted by molar-refractivity contribution is 0.0513. The van der Waals surface area contributed by atoms with Gasteiger partial charge >= 0.3 is 0 Å². The Morgan fingerprint density at radius 1 is 1.62 bits per heavy atom. The number of rotatable bonds is 4. The van der Waals surface area contributed by atoms with Crippen molar-refractivity contribution in [3.05, 3.63) is 20.8 Å². The highest BCUT2D eigenvalue weighted by Crippen LogP contribution is 2.25. The molecule has 1 rings (SSSR count). The zero-order valence-corrected chi connectivity index (χ0v) is 10.4. The largest absolute Gasteiger partial charge is 0.390 e. The van der Waals surface area contributed by atoms with Gasteiger partial charge in [0.25, 0.3) is 0 Å². The van der Waals surface area contributed by atoms with Gasteiger partial charge < -0.3 is 5.11 Å². The first-order chi connectivity index (χ1) is 6.03. The van der Waals surface area contributed by atoms with Crippen molar-refractivity contribution in [2.24, 2.45) is 0 Å². The Morgan fingerprint density at radius 3 is 2.77 bits per heavy atom. The molecule has 0 amide bonds. The Bertz CT molecular complexity index is 268. The zero-order valence-electron chi connectivity index (χ0n) is 8.01. The number of aliphatic hydroxyl groups is 1. The second-order valence-electron chi connectivity index (χ2n) is 3.65. The van der Waals surface area contributed by atoms with Crippen LogP contribution in [0.1, 0.15) is 31.6 Å². The van der Waals surface area contributed by atoms with E-state index in [2.05, 4.69) is 34.3 Å². The molecule has 1 unspecified atom stereocenters. The van der Waals surface area contributed by atoms with Crippen LogP contribution in [-0.2, 0) is 6.42 Å². The maximum Gasteiger partial charge on any atom is 0.0667 e. The Kier molecular flexibility index (Phi) is 3.95. The van der Waals surface area contributed by atoms with Crippen molar-refractivity contribution in [3.8, 4) is 0 Å². The van der Waals surface area contributed by atoms with Gasteiger partial charge in [-0.1, -0.05) is 13.3 Å². The topological polar surface area (TPSA) is 20.2 Å². The lowest BCUT2D eigenvalue weighted by atomic mass is 9.96. The molecule has 0 saturated carbocycles. The maximum absolute atomic E-state index is 9.97. The van der Waals surface area contributed by atoms with Crippen LogP contribution in [0.2, 0.25) is 0 Å². The van der Waals surface area contributed by atoms with Crippen LogP contribution in [0.3, 0.4) is 0 Å². The van der Waals surface area contributed by atoms with Crippen molar-refractivity contribution in [1.82, 2.24) is 0 Å². The fourth-order valence-electron chi connectivity index (χ4n) is 1.45. The molecule has 1 atom stereocenters. The SMILES string of the molecule is CCCC(C)(O)Cc1cc(Br)cs1. The lowest BCUT2D eigenvalue weighted by Gasteiger charge is -2.21. The quantitative estimate of drug-likeness (QED) is 0.879. The Morgan fingerprint density at radius 2 is 2.31 bits per heavy atom. The van der Waals surface area contributed by atoms with Crippen LogP contribution >= 0.6 is 27.3 Å². The molecular weight excluding hydrogens is 248 g/mol. The highest BCUT2D eigenvalue weighted by atomic mass is 79.9. The van der Waals surface area contributed by atoms with Crippen LogP contribution in [0.5, 0.6) is 0 Å². The molecule has 13 heavy (non-hydrogen) atoms. The third-order valence-electron chi connectivity index (χ3n) is 1.97. The van der Waals surface area contributed by atoms with E-state index in [0.29, 0.717) is 0 Å². The van der Waals surface area contributed by atoms with Crippen LogP contribution in [0.15, 0.2) is 15.9 Å². The van der Waals surface area contributed by atoms with E-state index >= 15 is 0 Å². The molecule has 0 saturated heterocycles. The van der Waals surface area contributed by atoms with Crippen LogP contribution in [0.4, 0.5) is 0 Å². The summed E-state index contributed by atoms with van der Waals surface area (Å²) in [6.45, 7) is 4.00. The summed E-state index contributed by atoms with van der Waals surface area (Å²) in [6.07, 6.45) is 2.65. The van der Waals surface area contributed by atoms with Gasteiger partial charge in [0.15, 0.2) is 0 Å². The standard InChI is InChI=1S/C10H15BrOS/c1-3-4-10(2,12)6-9-5-8(11)7-13-9/h5,7,12H,3-4,6H2,1-2H3. The summed E-state index contributed by atoms with van der Waals surface area (Å²) in [5.41, 5.74) is -0.543.